The van der Waals surface area contributed by atoms with Crippen molar-refractivity contribution >= 4 is 0 Å². The Morgan fingerprint density at radius 2 is 1.64 bits per heavy atom. The lowest BCUT2D eigenvalue weighted by Gasteiger charge is -2.15. The number of benzene rings is 1. The molecule has 2 aliphatic carbocycles. The van der Waals surface area contributed by atoms with Crippen molar-refractivity contribution in [3.8, 4) is 0 Å². The van der Waals surface area contributed by atoms with Crippen molar-refractivity contribution < 1.29 is 9.47 Å². The SMILES string of the molecule is C=CCCCOCCCCOC1CC2C(CCCCc3ccc(C)cc3)C2C1. The number of hydrogen-bond donors (Lipinski definition) is 0. The molecule has 2 unspecified atom stereocenters. The summed E-state index contributed by atoms with van der Waals surface area (Å²) in [5, 5.41) is 0. The quantitative estimate of drug-likeness (QED) is 0.253. The molecular formula is C26H40O2. The smallest absolute Gasteiger partial charge is 0.0580 e. The van der Waals surface area contributed by atoms with Gasteiger partial charge in [0, 0.05) is 19.8 Å². The Kier molecular flexibility index (Phi) is 9.08. The van der Waals surface area contributed by atoms with Crippen molar-refractivity contribution in [1.82, 2.24) is 0 Å². The van der Waals surface area contributed by atoms with E-state index < -0.39 is 0 Å². The standard InChI is InChI=1S/C26H40O2/c1-3-4-7-16-27-17-8-9-18-28-23-19-25-24(26(25)20-23)11-6-5-10-22-14-12-21(2)13-15-22/h3,12-15,23-26H,1,4-11,16-20H2,2H3. The molecule has 2 atom stereocenters. The maximum atomic E-state index is 6.12. The molecule has 0 N–H and O–H groups in total. The molecule has 3 rings (SSSR count). The fourth-order valence-corrected chi connectivity index (χ4v) is 4.94. The van der Waals surface area contributed by atoms with E-state index in [0.29, 0.717) is 6.10 Å². The van der Waals surface area contributed by atoms with Gasteiger partial charge in [0.1, 0.15) is 0 Å². The monoisotopic (exact) mass is 384 g/mol. The molecule has 0 amide bonds. The first kappa shape index (κ1) is 21.6. The van der Waals surface area contributed by atoms with E-state index in [1.54, 1.807) is 0 Å². The van der Waals surface area contributed by atoms with Crippen molar-refractivity contribution in [2.24, 2.45) is 17.8 Å². The molecule has 28 heavy (non-hydrogen) atoms. The zero-order valence-corrected chi connectivity index (χ0v) is 17.9. The highest BCUT2D eigenvalue weighted by Crippen LogP contribution is 2.60. The van der Waals surface area contributed by atoms with Crippen molar-refractivity contribution in [2.45, 2.75) is 77.2 Å². The van der Waals surface area contributed by atoms with Crippen LogP contribution in [0.1, 0.15) is 68.9 Å². The molecule has 1 aromatic rings. The normalized spacial score (nSPS) is 25.6. The van der Waals surface area contributed by atoms with Gasteiger partial charge in [0.25, 0.3) is 0 Å². The van der Waals surface area contributed by atoms with E-state index in [-0.39, 0.29) is 0 Å². The molecule has 0 saturated heterocycles. The molecule has 2 fully saturated rings. The van der Waals surface area contributed by atoms with Gasteiger partial charge in [-0.15, -0.1) is 6.58 Å². The van der Waals surface area contributed by atoms with Gasteiger partial charge in [0.2, 0.25) is 0 Å². The van der Waals surface area contributed by atoms with Gasteiger partial charge >= 0.3 is 0 Å². The summed E-state index contributed by atoms with van der Waals surface area (Å²) in [4.78, 5) is 0. The molecule has 0 spiro atoms. The lowest BCUT2D eigenvalue weighted by molar-refractivity contribution is 0.0385. The predicted octanol–water partition coefficient (Wildman–Crippen LogP) is 6.51. The second kappa shape index (κ2) is 11.8. The summed E-state index contributed by atoms with van der Waals surface area (Å²) in [7, 11) is 0. The van der Waals surface area contributed by atoms with Crippen molar-refractivity contribution in [1.29, 1.82) is 0 Å². The topological polar surface area (TPSA) is 18.5 Å². The minimum absolute atomic E-state index is 0.548. The second-order valence-electron chi connectivity index (χ2n) is 8.94. The summed E-state index contributed by atoms with van der Waals surface area (Å²) >= 11 is 0. The summed E-state index contributed by atoms with van der Waals surface area (Å²) in [6.45, 7) is 8.55. The first-order valence-electron chi connectivity index (χ1n) is 11.6. The number of aryl methyl sites for hydroxylation is 2. The van der Waals surface area contributed by atoms with Crippen molar-refractivity contribution in [3.63, 3.8) is 0 Å². The lowest BCUT2D eigenvalue weighted by atomic mass is 10.0. The number of ether oxygens (including phenoxy) is 2. The van der Waals surface area contributed by atoms with Crippen LogP contribution in [0, 0.1) is 24.7 Å². The van der Waals surface area contributed by atoms with Gasteiger partial charge in [-0.3, -0.25) is 0 Å². The largest absolute Gasteiger partial charge is 0.381 e. The van der Waals surface area contributed by atoms with E-state index in [0.717, 1.165) is 63.3 Å². The average molecular weight is 385 g/mol. The van der Waals surface area contributed by atoms with Gasteiger partial charge in [-0.2, -0.15) is 0 Å². The van der Waals surface area contributed by atoms with Gasteiger partial charge in [-0.25, -0.2) is 0 Å². The fraction of sp³-hybridized carbons (Fsp3) is 0.692. The van der Waals surface area contributed by atoms with Gasteiger partial charge in [-0.1, -0.05) is 42.3 Å². The molecule has 0 heterocycles. The summed E-state index contributed by atoms with van der Waals surface area (Å²) in [6, 6.07) is 9.05. The van der Waals surface area contributed by atoms with E-state index in [1.165, 1.54) is 49.7 Å². The first-order chi connectivity index (χ1) is 13.8. The van der Waals surface area contributed by atoms with E-state index in [9.17, 15) is 0 Å². The van der Waals surface area contributed by atoms with Crippen LogP contribution < -0.4 is 0 Å². The third kappa shape index (κ3) is 7.04. The Balaban J connectivity index is 1.14. The number of fused-ring (bicyclic) bond motifs is 1. The highest BCUT2D eigenvalue weighted by atomic mass is 16.5. The molecule has 2 saturated carbocycles. The molecule has 0 bridgehead atoms. The third-order valence-corrected chi connectivity index (χ3v) is 6.69. The van der Waals surface area contributed by atoms with Crippen LogP contribution in [0.25, 0.3) is 0 Å². The molecule has 2 aliphatic rings. The van der Waals surface area contributed by atoms with Crippen molar-refractivity contribution in [2.75, 3.05) is 19.8 Å². The Morgan fingerprint density at radius 1 is 0.929 bits per heavy atom. The van der Waals surface area contributed by atoms with Crippen LogP contribution in [-0.2, 0) is 15.9 Å². The van der Waals surface area contributed by atoms with Crippen LogP contribution >= 0.6 is 0 Å². The fourth-order valence-electron chi connectivity index (χ4n) is 4.94. The van der Waals surface area contributed by atoms with E-state index in [4.69, 9.17) is 9.47 Å². The van der Waals surface area contributed by atoms with E-state index in [1.807, 2.05) is 6.08 Å². The van der Waals surface area contributed by atoms with Crippen LogP contribution in [0.15, 0.2) is 36.9 Å². The Labute approximate surface area is 172 Å². The molecule has 2 nitrogen and oxygen atoms in total. The zero-order valence-electron chi connectivity index (χ0n) is 17.9. The molecule has 1 aromatic carbocycles. The molecular weight excluding hydrogens is 344 g/mol. The molecule has 156 valence electrons. The summed E-state index contributed by atoms with van der Waals surface area (Å²) in [5.41, 5.74) is 2.86. The minimum Gasteiger partial charge on any atom is -0.381 e. The molecule has 0 aromatic heterocycles. The van der Waals surface area contributed by atoms with Crippen LogP contribution in [0.5, 0.6) is 0 Å². The Bertz CT molecular complexity index is 552. The third-order valence-electron chi connectivity index (χ3n) is 6.69. The lowest BCUT2D eigenvalue weighted by Crippen LogP contribution is -2.13. The van der Waals surface area contributed by atoms with Crippen LogP contribution in [0.3, 0.4) is 0 Å². The Hall–Kier alpha value is -1.12. The number of hydrogen-bond acceptors (Lipinski definition) is 2. The van der Waals surface area contributed by atoms with Gasteiger partial charge in [0.15, 0.2) is 0 Å². The van der Waals surface area contributed by atoms with E-state index in [2.05, 4.69) is 37.8 Å². The average Bonchev–Trinajstić information content (AvgIpc) is 3.15. The minimum atomic E-state index is 0.548. The molecule has 2 heteroatoms. The van der Waals surface area contributed by atoms with Crippen molar-refractivity contribution in [3.05, 3.63) is 48.0 Å². The number of allylic oxidation sites excluding steroid dienone is 1. The van der Waals surface area contributed by atoms with Crippen LogP contribution in [0.2, 0.25) is 0 Å². The maximum absolute atomic E-state index is 6.12. The first-order valence-corrected chi connectivity index (χ1v) is 11.6. The molecule has 0 radical (unpaired) electrons. The predicted molar refractivity (Wildman–Crippen MR) is 118 cm³/mol. The summed E-state index contributed by atoms with van der Waals surface area (Å²) in [6.07, 6.45) is 15.0. The summed E-state index contributed by atoms with van der Waals surface area (Å²) < 4.78 is 11.7. The number of unbranched alkanes of at least 4 members (excludes halogenated alkanes) is 3. The number of rotatable bonds is 15. The van der Waals surface area contributed by atoms with E-state index >= 15 is 0 Å². The maximum Gasteiger partial charge on any atom is 0.0580 e. The highest BCUT2D eigenvalue weighted by molar-refractivity contribution is 5.21. The van der Waals surface area contributed by atoms with Gasteiger partial charge in [0.05, 0.1) is 6.10 Å². The summed E-state index contributed by atoms with van der Waals surface area (Å²) in [5.74, 6) is 2.98. The van der Waals surface area contributed by atoms with Crippen LogP contribution in [-0.4, -0.2) is 25.9 Å². The second-order valence-corrected chi connectivity index (χ2v) is 8.94. The van der Waals surface area contributed by atoms with Crippen LogP contribution in [0.4, 0.5) is 0 Å². The van der Waals surface area contributed by atoms with Gasteiger partial charge in [-0.05, 0) is 88.0 Å². The highest BCUT2D eigenvalue weighted by Gasteiger charge is 2.55. The van der Waals surface area contributed by atoms with Gasteiger partial charge < -0.3 is 9.47 Å². The zero-order chi connectivity index (χ0) is 19.6. The Morgan fingerprint density at radius 3 is 2.39 bits per heavy atom. The molecule has 0 aliphatic heterocycles.